The summed E-state index contributed by atoms with van der Waals surface area (Å²) in [5.74, 6) is 0. The van der Waals surface area contributed by atoms with Gasteiger partial charge in [0.25, 0.3) is 0 Å². The summed E-state index contributed by atoms with van der Waals surface area (Å²) >= 11 is 0. The molecule has 17 heavy (non-hydrogen) atoms. The van der Waals surface area contributed by atoms with Crippen LogP contribution >= 0.6 is 0 Å². The van der Waals surface area contributed by atoms with Crippen molar-refractivity contribution in [2.75, 3.05) is 0 Å². The van der Waals surface area contributed by atoms with Crippen molar-refractivity contribution in [3.63, 3.8) is 0 Å². The molecule has 0 nitrogen and oxygen atoms in total. The minimum atomic E-state index is 0. The molecule has 0 heterocycles. The van der Waals surface area contributed by atoms with Crippen molar-refractivity contribution in [3.8, 4) is 0 Å². The third-order valence-corrected chi connectivity index (χ3v) is 2.26. The van der Waals surface area contributed by atoms with Crippen LogP contribution in [0.25, 0.3) is 0 Å². The van der Waals surface area contributed by atoms with Crippen molar-refractivity contribution in [1.29, 1.82) is 0 Å². The fraction of sp³-hybridized carbons (Fsp3) is 0.375. The second kappa shape index (κ2) is 10.6. The van der Waals surface area contributed by atoms with Crippen molar-refractivity contribution in [2.45, 2.75) is 39.5 Å². The number of rotatable bonds is 4. The number of aryl methyl sites for hydroxylation is 2. The second-order valence-corrected chi connectivity index (χ2v) is 3.77. The summed E-state index contributed by atoms with van der Waals surface area (Å²) in [5, 5.41) is 0. The average Bonchev–Trinajstić information content (AvgIpc) is 2.92. The second-order valence-electron chi connectivity index (χ2n) is 3.77. The molecule has 2 aromatic rings. The third kappa shape index (κ3) is 7.40. The van der Waals surface area contributed by atoms with Gasteiger partial charge in [0.05, 0.1) is 0 Å². The van der Waals surface area contributed by atoms with E-state index in [1.807, 2.05) is 0 Å². The Labute approximate surface area is 122 Å². The fourth-order valence-electron chi connectivity index (χ4n) is 1.49. The minimum absolute atomic E-state index is 0. The van der Waals surface area contributed by atoms with Crippen LogP contribution in [0.2, 0.25) is 0 Å². The molecule has 0 radical (unpaired) electrons. The summed E-state index contributed by atoms with van der Waals surface area (Å²) in [6.45, 7) is 4.34. The molecule has 2 rings (SSSR count). The first kappa shape index (κ1) is 16.5. The van der Waals surface area contributed by atoms with E-state index in [0.29, 0.717) is 0 Å². The van der Waals surface area contributed by atoms with Crippen LogP contribution < -0.4 is 0 Å². The van der Waals surface area contributed by atoms with Crippen LogP contribution in [0, 0.1) is 24.3 Å². The van der Waals surface area contributed by atoms with Crippen molar-refractivity contribution >= 4 is 23.1 Å². The Hall–Kier alpha value is -0.534. The van der Waals surface area contributed by atoms with E-state index >= 15 is 0 Å². The maximum atomic E-state index is 2.90. The maximum absolute atomic E-state index is 2.90. The van der Waals surface area contributed by atoms with Gasteiger partial charge >= 0.3 is 23.1 Å². The Balaban J connectivity index is 0.000000284. The van der Waals surface area contributed by atoms with Gasteiger partial charge in [-0.3, -0.25) is 0 Å². The van der Waals surface area contributed by atoms with E-state index in [2.05, 4.69) is 62.4 Å². The molecule has 1 heteroatoms. The molecular weight excluding hydrogens is 216 g/mol. The summed E-state index contributed by atoms with van der Waals surface area (Å²) in [6, 6.07) is 19.7. The van der Waals surface area contributed by atoms with Gasteiger partial charge in [0.2, 0.25) is 0 Å². The number of hydrogen-bond acceptors (Lipinski definition) is 0. The van der Waals surface area contributed by atoms with Crippen molar-refractivity contribution in [1.82, 2.24) is 0 Å². The smallest absolute Gasteiger partial charge is 0.998 e. The largest absolute Gasteiger partial charge is 2.00 e. The molecule has 0 atom stereocenters. The molecule has 88 valence electrons. The quantitative estimate of drug-likeness (QED) is 0.561. The normalized spacial score (nSPS) is 9.06. The summed E-state index contributed by atoms with van der Waals surface area (Å²) in [7, 11) is 0. The van der Waals surface area contributed by atoms with Crippen LogP contribution in [-0.2, 0) is 12.8 Å². The molecule has 2 aromatic carbocycles. The SMILES string of the molecule is CCC[c-]1[c-][c-][c-][c-]1.CCC[c-]1cccc1.[Mg+2]. The van der Waals surface area contributed by atoms with Gasteiger partial charge in [-0.2, -0.15) is 17.7 Å². The van der Waals surface area contributed by atoms with Gasteiger partial charge in [0.1, 0.15) is 0 Å². The van der Waals surface area contributed by atoms with Crippen molar-refractivity contribution < 1.29 is 0 Å². The van der Waals surface area contributed by atoms with E-state index in [4.69, 9.17) is 0 Å². The predicted molar refractivity (Wildman–Crippen MR) is 73.2 cm³/mol. The summed E-state index contributed by atoms with van der Waals surface area (Å²) in [6.07, 6.45) is 4.69. The molecule has 0 saturated heterocycles. The molecule has 0 aliphatic heterocycles. The van der Waals surface area contributed by atoms with Gasteiger partial charge in [-0.25, -0.2) is 18.6 Å². The zero-order valence-corrected chi connectivity index (χ0v) is 12.3. The summed E-state index contributed by atoms with van der Waals surface area (Å²) in [5.41, 5.74) is 2.57. The van der Waals surface area contributed by atoms with Crippen molar-refractivity contribution in [2.24, 2.45) is 0 Å². The monoisotopic (exact) mass is 234 g/mol. The van der Waals surface area contributed by atoms with Gasteiger partial charge in [-0.15, -0.1) is 0 Å². The Morgan fingerprint density at radius 2 is 1.41 bits per heavy atom. The summed E-state index contributed by atoms with van der Waals surface area (Å²) in [4.78, 5) is 0. The standard InChI is InChI=1S/C8H11.C8H7.Mg/c2*1-2-5-8-6-3-4-7-8;/h3-4,6-7H,2,5H2,1H3;2,5H2,1H3;/q-1;-5;+2. The van der Waals surface area contributed by atoms with E-state index < -0.39 is 0 Å². The van der Waals surface area contributed by atoms with Crippen molar-refractivity contribution in [3.05, 3.63) is 59.7 Å². The topological polar surface area (TPSA) is 0 Å². The molecule has 0 N–H and O–H groups in total. The molecule has 0 aliphatic carbocycles. The first-order valence-corrected chi connectivity index (χ1v) is 5.95. The van der Waals surface area contributed by atoms with Crippen LogP contribution in [0.4, 0.5) is 0 Å². The Morgan fingerprint density at radius 1 is 0.882 bits per heavy atom. The van der Waals surface area contributed by atoms with E-state index in [0.717, 1.165) is 18.4 Å². The zero-order chi connectivity index (χ0) is 11.6. The average molecular weight is 235 g/mol. The van der Waals surface area contributed by atoms with Gasteiger partial charge in [0.15, 0.2) is 0 Å². The molecule has 0 fully saturated rings. The van der Waals surface area contributed by atoms with Crippen LogP contribution in [-0.4, -0.2) is 23.1 Å². The molecular formula is C16H18Mg-4. The number of hydrogen-bond donors (Lipinski definition) is 0. The molecule has 0 saturated carbocycles. The third-order valence-electron chi connectivity index (χ3n) is 2.26. The minimum Gasteiger partial charge on any atom is -0.998 e. The fourth-order valence-corrected chi connectivity index (χ4v) is 1.49. The van der Waals surface area contributed by atoms with Gasteiger partial charge < -0.3 is 29.8 Å². The Morgan fingerprint density at radius 3 is 1.88 bits per heavy atom. The van der Waals surface area contributed by atoms with E-state index in [1.54, 1.807) is 0 Å². The summed E-state index contributed by atoms with van der Waals surface area (Å²) < 4.78 is 0. The first-order valence-electron chi connectivity index (χ1n) is 5.95. The predicted octanol–water partition coefficient (Wildman–Crippen LogP) is 3.54. The van der Waals surface area contributed by atoms with E-state index in [1.165, 1.54) is 18.4 Å². The molecule has 0 aliphatic rings. The van der Waals surface area contributed by atoms with Gasteiger partial charge in [-0.1, -0.05) is 33.1 Å². The first-order chi connectivity index (χ1) is 7.86. The molecule has 0 bridgehead atoms. The van der Waals surface area contributed by atoms with Crippen LogP contribution in [0.5, 0.6) is 0 Å². The van der Waals surface area contributed by atoms with Crippen LogP contribution in [0.1, 0.15) is 37.8 Å². The van der Waals surface area contributed by atoms with Crippen LogP contribution in [0.15, 0.2) is 24.3 Å². The molecule has 0 aromatic heterocycles. The molecule has 0 spiro atoms. The Kier molecular flexibility index (Phi) is 10.3. The van der Waals surface area contributed by atoms with E-state index in [-0.39, 0.29) is 23.1 Å². The Bertz CT molecular complexity index is 293. The van der Waals surface area contributed by atoms with E-state index in [9.17, 15) is 0 Å². The van der Waals surface area contributed by atoms with Gasteiger partial charge in [0, 0.05) is 0 Å². The maximum Gasteiger partial charge on any atom is 2.00 e. The molecule has 0 amide bonds. The zero-order valence-electron chi connectivity index (χ0n) is 10.8. The molecule has 0 unspecified atom stereocenters. The van der Waals surface area contributed by atoms with Gasteiger partial charge in [-0.05, 0) is 0 Å². The van der Waals surface area contributed by atoms with Crippen LogP contribution in [0.3, 0.4) is 0 Å².